The maximum atomic E-state index is 4.76. The lowest BCUT2D eigenvalue weighted by Gasteiger charge is -2.12. The molecule has 3 rings (SSSR count). The van der Waals surface area contributed by atoms with Gasteiger partial charge < -0.3 is 10.6 Å². The summed E-state index contributed by atoms with van der Waals surface area (Å²) >= 11 is 0. The minimum absolute atomic E-state index is 0. The van der Waals surface area contributed by atoms with Crippen LogP contribution in [0.5, 0.6) is 0 Å². The van der Waals surface area contributed by atoms with Crippen LogP contribution in [0.3, 0.4) is 0 Å². The molecule has 6 heteroatoms. The van der Waals surface area contributed by atoms with Gasteiger partial charge in [-0.2, -0.15) is 5.10 Å². The number of nitrogens with zero attached hydrogens (tertiary/aromatic N) is 3. The molecule has 1 fully saturated rings. The van der Waals surface area contributed by atoms with Gasteiger partial charge in [-0.25, -0.2) is 4.99 Å². The maximum Gasteiger partial charge on any atom is 0.191 e. The average Bonchev–Trinajstić information content (AvgIpc) is 3.28. The van der Waals surface area contributed by atoms with Crippen molar-refractivity contribution in [3.63, 3.8) is 0 Å². The lowest BCUT2D eigenvalue weighted by molar-refractivity contribution is 0.677. The molecule has 136 valence electrons. The second-order valence-electron chi connectivity index (χ2n) is 6.33. The van der Waals surface area contributed by atoms with Gasteiger partial charge in [0.25, 0.3) is 0 Å². The molecular formula is C19H28IN5. The third kappa shape index (κ3) is 6.68. The van der Waals surface area contributed by atoms with Gasteiger partial charge in [0.2, 0.25) is 0 Å². The maximum absolute atomic E-state index is 4.76. The van der Waals surface area contributed by atoms with Crippen molar-refractivity contribution in [2.24, 2.45) is 10.9 Å². The Morgan fingerprint density at radius 2 is 2.00 bits per heavy atom. The fourth-order valence-electron chi connectivity index (χ4n) is 2.74. The van der Waals surface area contributed by atoms with Crippen LogP contribution in [0.4, 0.5) is 0 Å². The summed E-state index contributed by atoms with van der Waals surface area (Å²) in [6.07, 6.45) is 7.85. The Balaban J connectivity index is 0.00000225. The Bertz CT molecular complexity index is 650. The Morgan fingerprint density at radius 1 is 1.20 bits per heavy atom. The quantitative estimate of drug-likeness (QED) is 0.366. The van der Waals surface area contributed by atoms with Crippen LogP contribution in [0, 0.1) is 5.92 Å². The second kappa shape index (κ2) is 10.4. The highest BCUT2D eigenvalue weighted by Gasteiger charge is 2.20. The van der Waals surface area contributed by atoms with E-state index in [0.717, 1.165) is 31.5 Å². The van der Waals surface area contributed by atoms with Gasteiger partial charge in [0.1, 0.15) is 0 Å². The van der Waals surface area contributed by atoms with Gasteiger partial charge in [-0.1, -0.05) is 37.1 Å². The van der Waals surface area contributed by atoms with Crippen molar-refractivity contribution in [3.05, 3.63) is 53.9 Å². The van der Waals surface area contributed by atoms with E-state index in [1.54, 1.807) is 0 Å². The van der Waals surface area contributed by atoms with Crippen LogP contribution in [-0.4, -0.2) is 28.8 Å². The van der Waals surface area contributed by atoms with Crippen LogP contribution in [0.25, 0.3) is 0 Å². The van der Waals surface area contributed by atoms with Gasteiger partial charge in [-0.15, -0.1) is 24.0 Å². The molecule has 0 atom stereocenters. The van der Waals surface area contributed by atoms with Crippen molar-refractivity contribution < 1.29 is 0 Å². The zero-order chi connectivity index (χ0) is 16.6. The molecule has 0 amide bonds. The standard InChI is InChI=1S/C19H27N5.HI/c1-2-20-19(21-12-10-16-8-9-16)22-14-17-6-3-4-7-18(17)15-24-13-5-11-23-24;/h3-7,11,13,16H,2,8-10,12,14-15H2,1H3,(H2,20,21,22);1H. The lowest BCUT2D eigenvalue weighted by Crippen LogP contribution is -2.37. The molecule has 2 aromatic rings. The molecule has 0 radical (unpaired) electrons. The van der Waals surface area contributed by atoms with E-state index < -0.39 is 0 Å². The minimum Gasteiger partial charge on any atom is -0.357 e. The summed E-state index contributed by atoms with van der Waals surface area (Å²) < 4.78 is 1.95. The minimum atomic E-state index is 0. The molecule has 1 aromatic heterocycles. The molecule has 25 heavy (non-hydrogen) atoms. The van der Waals surface area contributed by atoms with Crippen molar-refractivity contribution in [1.82, 2.24) is 20.4 Å². The Morgan fingerprint density at radius 3 is 2.68 bits per heavy atom. The molecule has 1 heterocycles. The summed E-state index contributed by atoms with van der Waals surface area (Å²) in [5, 5.41) is 11.1. The topological polar surface area (TPSA) is 54.2 Å². The van der Waals surface area contributed by atoms with Crippen molar-refractivity contribution >= 4 is 29.9 Å². The summed E-state index contributed by atoms with van der Waals surface area (Å²) in [4.78, 5) is 4.76. The van der Waals surface area contributed by atoms with Gasteiger partial charge in [0, 0.05) is 25.5 Å². The number of benzene rings is 1. The molecule has 1 aliphatic carbocycles. The van der Waals surface area contributed by atoms with E-state index in [0.29, 0.717) is 6.54 Å². The van der Waals surface area contributed by atoms with Crippen LogP contribution < -0.4 is 10.6 Å². The highest BCUT2D eigenvalue weighted by Crippen LogP contribution is 2.31. The molecule has 0 spiro atoms. The van der Waals surface area contributed by atoms with Gasteiger partial charge in [-0.3, -0.25) is 4.68 Å². The number of guanidine groups is 1. The summed E-state index contributed by atoms with van der Waals surface area (Å²) in [6.45, 7) is 5.44. The number of halogens is 1. The van der Waals surface area contributed by atoms with E-state index in [-0.39, 0.29) is 24.0 Å². The van der Waals surface area contributed by atoms with E-state index in [4.69, 9.17) is 4.99 Å². The molecule has 0 bridgehead atoms. The highest BCUT2D eigenvalue weighted by molar-refractivity contribution is 14.0. The molecule has 0 unspecified atom stereocenters. The normalized spacial score (nSPS) is 14.0. The van der Waals surface area contributed by atoms with Crippen molar-refractivity contribution in [3.8, 4) is 0 Å². The number of nitrogens with one attached hydrogen (secondary N) is 2. The van der Waals surface area contributed by atoms with Gasteiger partial charge >= 0.3 is 0 Å². The average molecular weight is 453 g/mol. The third-order valence-electron chi connectivity index (χ3n) is 4.30. The molecule has 2 N–H and O–H groups in total. The first-order valence-corrected chi connectivity index (χ1v) is 8.91. The monoisotopic (exact) mass is 453 g/mol. The Hall–Kier alpha value is -1.57. The predicted octanol–water partition coefficient (Wildman–Crippen LogP) is 3.40. The van der Waals surface area contributed by atoms with Gasteiger partial charge in [0.05, 0.1) is 13.1 Å². The lowest BCUT2D eigenvalue weighted by atomic mass is 10.1. The first-order chi connectivity index (χ1) is 11.8. The van der Waals surface area contributed by atoms with E-state index in [9.17, 15) is 0 Å². The van der Waals surface area contributed by atoms with E-state index in [1.165, 1.54) is 30.4 Å². The van der Waals surface area contributed by atoms with E-state index >= 15 is 0 Å². The number of aliphatic imine (C=N–C) groups is 1. The second-order valence-corrected chi connectivity index (χ2v) is 6.33. The molecule has 0 saturated heterocycles. The molecular weight excluding hydrogens is 425 g/mol. The molecule has 1 saturated carbocycles. The van der Waals surface area contributed by atoms with E-state index in [1.807, 2.05) is 23.1 Å². The van der Waals surface area contributed by atoms with Crippen LogP contribution in [-0.2, 0) is 13.1 Å². The fourth-order valence-corrected chi connectivity index (χ4v) is 2.74. The molecule has 1 aliphatic rings. The van der Waals surface area contributed by atoms with Gasteiger partial charge in [0.15, 0.2) is 5.96 Å². The smallest absolute Gasteiger partial charge is 0.191 e. The fraction of sp³-hybridized carbons (Fsp3) is 0.474. The highest BCUT2D eigenvalue weighted by atomic mass is 127. The number of hydrogen-bond acceptors (Lipinski definition) is 2. The Kier molecular flexibility index (Phi) is 8.24. The van der Waals surface area contributed by atoms with E-state index in [2.05, 4.69) is 46.9 Å². The van der Waals surface area contributed by atoms with Crippen LogP contribution >= 0.6 is 24.0 Å². The predicted molar refractivity (Wildman–Crippen MR) is 113 cm³/mol. The SMILES string of the molecule is CCNC(=NCc1ccccc1Cn1cccn1)NCCC1CC1.I. The summed E-state index contributed by atoms with van der Waals surface area (Å²) in [7, 11) is 0. The van der Waals surface area contributed by atoms with Crippen molar-refractivity contribution in [1.29, 1.82) is 0 Å². The first-order valence-electron chi connectivity index (χ1n) is 8.91. The molecule has 0 aliphatic heterocycles. The van der Waals surface area contributed by atoms with Gasteiger partial charge in [-0.05, 0) is 36.5 Å². The number of hydrogen-bond donors (Lipinski definition) is 2. The zero-order valence-corrected chi connectivity index (χ0v) is 17.1. The summed E-state index contributed by atoms with van der Waals surface area (Å²) in [5.74, 6) is 1.85. The molecule has 5 nitrogen and oxygen atoms in total. The number of aromatic nitrogens is 2. The van der Waals surface area contributed by atoms with Crippen LogP contribution in [0.15, 0.2) is 47.7 Å². The van der Waals surface area contributed by atoms with Crippen LogP contribution in [0.2, 0.25) is 0 Å². The van der Waals surface area contributed by atoms with Crippen molar-refractivity contribution in [2.75, 3.05) is 13.1 Å². The largest absolute Gasteiger partial charge is 0.357 e. The summed E-state index contributed by atoms with van der Waals surface area (Å²) in [5.41, 5.74) is 2.51. The Labute approximate surface area is 167 Å². The summed E-state index contributed by atoms with van der Waals surface area (Å²) in [6, 6.07) is 10.4. The molecule has 1 aromatic carbocycles. The third-order valence-corrected chi connectivity index (χ3v) is 4.30. The van der Waals surface area contributed by atoms with Crippen LogP contribution in [0.1, 0.15) is 37.3 Å². The first kappa shape index (κ1) is 19.8. The number of rotatable bonds is 8. The zero-order valence-electron chi connectivity index (χ0n) is 14.8. The van der Waals surface area contributed by atoms with Crippen molar-refractivity contribution in [2.45, 2.75) is 39.3 Å².